The number of aryl methyl sites for hydroxylation is 1. The molecule has 6 heteroatoms. The third kappa shape index (κ3) is 5.31. The van der Waals surface area contributed by atoms with E-state index in [9.17, 15) is 8.42 Å². The molecule has 3 aromatic rings. The van der Waals surface area contributed by atoms with Crippen LogP contribution in [0.3, 0.4) is 0 Å². The van der Waals surface area contributed by atoms with Crippen molar-refractivity contribution in [2.24, 2.45) is 0 Å². The van der Waals surface area contributed by atoms with Gasteiger partial charge in [0.1, 0.15) is 0 Å². The van der Waals surface area contributed by atoms with Gasteiger partial charge < -0.3 is 9.80 Å². The summed E-state index contributed by atoms with van der Waals surface area (Å²) in [5.74, 6) is 0.0832. The van der Waals surface area contributed by atoms with Gasteiger partial charge in [-0.15, -0.1) is 0 Å². The van der Waals surface area contributed by atoms with E-state index in [2.05, 4.69) is 57.0 Å². The fourth-order valence-corrected chi connectivity index (χ4v) is 5.33. The Morgan fingerprint density at radius 2 is 1.62 bits per heavy atom. The van der Waals surface area contributed by atoms with Gasteiger partial charge in [0.25, 0.3) is 0 Å². The molecule has 1 aliphatic rings. The fourth-order valence-electron chi connectivity index (χ4n) is 4.27. The summed E-state index contributed by atoms with van der Waals surface area (Å²) < 4.78 is 28.5. The molecule has 0 aliphatic carbocycles. The lowest BCUT2D eigenvalue weighted by Crippen LogP contribution is -2.38. The number of sulfonamides is 1. The van der Waals surface area contributed by atoms with Gasteiger partial charge in [0.05, 0.1) is 11.8 Å². The number of hydrogen-bond donors (Lipinski definition) is 1. The minimum absolute atomic E-state index is 0.0682. The molecule has 4 rings (SSSR count). The Morgan fingerprint density at radius 1 is 0.938 bits per heavy atom. The van der Waals surface area contributed by atoms with Gasteiger partial charge in [0.2, 0.25) is 10.0 Å². The van der Waals surface area contributed by atoms with Gasteiger partial charge in [0.15, 0.2) is 0 Å². The van der Waals surface area contributed by atoms with Crippen LogP contribution in [0.4, 0.5) is 11.4 Å². The highest BCUT2D eigenvalue weighted by Crippen LogP contribution is 2.35. The van der Waals surface area contributed by atoms with Gasteiger partial charge in [-0.2, -0.15) is 0 Å². The van der Waals surface area contributed by atoms with E-state index in [0.717, 1.165) is 29.8 Å². The first-order chi connectivity index (χ1) is 15.4. The topological polar surface area (TPSA) is 52.7 Å². The molecule has 5 nitrogen and oxygen atoms in total. The van der Waals surface area contributed by atoms with Crippen molar-refractivity contribution in [2.75, 3.05) is 42.7 Å². The molecule has 0 amide bonds. The zero-order valence-corrected chi connectivity index (χ0v) is 19.6. The van der Waals surface area contributed by atoms with Crippen molar-refractivity contribution < 1.29 is 8.42 Å². The molecule has 0 unspecified atom stereocenters. The van der Waals surface area contributed by atoms with Crippen LogP contribution in [-0.4, -0.2) is 41.4 Å². The molecule has 0 saturated heterocycles. The quantitative estimate of drug-likeness (QED) is 0.536. The maximum atomic E-state index is 12.8. The van der Waals surface area contributed by atoms with Crippen molar-refractivity contribution in [3.63, 3.8) is 0 Å². The summed E-state index contributed by atoms with van der Waals surface area (Å²) in [6, 6.07) is 26.5. The monoisotopic (exact) mass is 449 g/mol. The van der Waals surface area contributed by atoms with Crippen LogP contribution in [0.15, 0.2) is 78.9 Å². The van der Waals surface area contributed by atoms with Crippen LogP contribution in [0.25, 0.3) is 0 Å². The lowest BCUT2D eigenvalue weighted by Gasteiger charge is -2.31. The summed E-state index contributed by atoms with van der Waals surface area (Å²) in [7, 11) is 0.640. The van der Waals surface area contributed by atoms with Crippen LogP contribution in [-0.2, 0) is 22.9 Å². The van der Waals surface area contributed by atoms with Crippen molar-refractivity contribution in [3.8, 4) is 0 Å². The number of fused-ring (bicyclic) bond motifs is 1. The average molecular weight is 450 g/mol. The Morgan fingerprint density at radius 3 is 2.34 bits per heavy atom. The molecular formula is C26H31N3O2S. The van der Waals surface area contributed by atoms with Gasteiger partial charge in [-0.25, -0.2) is 13.1 Å². The van der Waals surface area contributed by atoms with Crippen LogP contribution in [0.2, 0.25) is 0 Å². The average Bonchev–Trinajstić information content (AvgIpc) is 3.23. The highest BCUT2D eigenvalue weighted by Gasteiger charge is 2.28. The predicted octanol–water partition coefficient (Wildman–Crippen LogP) is 4.02. The van der Waals surface area contributed by atoms with Crippen molar-refractivity contribution in [1.82, 2.24) is 4.72 Å². The van der Waals surface area contributed by atoms with E-state index in [-0.39, 0.29) is 11.8 Å². The first-order valence-corrected chi connectivity index (χ1v) is 12.7. The number of para-hydroxylation sites is 1. The largest absolute Gasteiger partial charge is 0.378 e. The van der Waals surface area contributed by atoms with Crippen LogP contribution < -0.4 is 14.5 Å². The van der Waals surface area contributed by atoms with Crippen LogP contribution in [0, 0.1) is 0 Å². The molecule has 32 heavy (non-hydrogen) atoms. The van der Waals surface area contributed by atoms with Gasteiger partial charge in [0, 0.05) is 38.6 Å². The third-order valence-electron chi connectivity index (χ3n) is 6.09. The molecule has 1 atom stereocenters. The fraction of sp³-hybridized carbons (Fsp3) is 0.308. The maximum Gasteiger partial charge on any atom is 0.212 e. The predicted molar refractivity (Wildman–Crippen MR) is 133 cm³/mol. The number of hydrogen-bond acceptors (Lipinski definition) is 4. The molecule has 0 aromatic heterocycles. The van der Waals surface area contributed by atoms with E-state index in [0.29, 0.717) is 13.0 Å². The number of nitrogens with one attached hydrogen (secondary N) is 1. The molecule has 1 heterocycles. The molecule has 0 spiro atoms. The smallest absolute Gasteiger partial charge is 0.212 e. The molecule has 0 radical (unpaired) electrons. The summed E-state index contributed by atoms with van der Waals surface area (Å²) >= 11 is 0. The summed E-state index contributed by atoms with van der Waals surface area (Å²) in [5, 5.41) is 0. The second-order valence-electron chi connectivity index (χ2n) is 8.48. The molecule has 1 aliphatic heterocycles. The zero-order valence-electron chi connectivity index (χ0n) is 18.7. The Balaban J connectivity index is 1.53. The van der Waals surface area contributed by atoms with E-state index < -0.39 is 10.0 Å². The summed E-state index contributed by atoms with van der Waals surface area (Å²) in [5.41, 5.74) is 5.77. The van der Waals surface area contributed by atoms with Crippen molar-refractivity contribution >= 4 is 21.4 Å². The van der Waals surface area contributed by atoms with Crippen molar-refractivity contribution in [3.05, 3.63) is 95.6 Å². The first kappa shape index (κ1) is 22.4. The molecular weight excluding hydrogens is 418 g/mol. The van der Waals surface area contributed by atoms with Crippen molar-refractivity contribution in [1.29, 1.82) is 0 Å². The Labute approximate surface area is 191 Å². The van der Waals surface area contributed by atoms with Crippen LogP contribution >= 0.6 is 0 Å². The summed E-state index contributed by atoms with van der Waals surface area (Å²) in [6.45, 7) is 1.22. The number of nitrogens with zero attached hydrogens (tertiary/aromatic N) is 2. The van der Waals surface area contributed by atoms with E-state index in [4.69, 9.17) is 0 Å². The van der Waals surface area contributed by atoms with Crippen LogP contribution in [0.1, 0.15) is 22.7 Å². The second kappa shape index (κ2) is 9.76. The van der Waals surface area contributed by atoms with E-state index >= 15 is 0 Å². The minimum Gasteiger partial charge on any atom is -0.378 e. The van der Waals surface area contributed by atoms with E-state index in [1.165, 1.54) is 11.3 Å². The molecule has 168 valence electrons. The van der Waals surface area contributed by atoms with Gasteiger partial charge in [-0.05, 0) is 47.7 Å². The lowest BCUT2D eigenvalue weighted by molar-refractivity contribution is 0.562. The van der Waals surface area contributed by atoms with Gasteiger partial charge in [-0.1, -0.05) is 60.7 Å². The molecule has 0 bridgehead atoms. The molecule has 0 saturated carbocycles. The second-order valence-corrected chi connectivity index (χ2v) is 10.4. The Kier molecular flexibility index (Phi) is 6.82. The van der Waals surface area contributed by atoms with Gasteiger partial charge in [-0.3, -0.25) is 0 Å². The lowest BCUT2D eigenvalue weighted by atomic mass is 10.0. The van der Waals surface area contributed by atoms with E-state index in [1.807, 2.05) is 50.5 Å². The van der Waals surface area contributed by atoms with E-state index in [1.54, 1.807) is 0 Å². The zero-order chi connectivity index (χ0) is 22.6. The number of rotatable bonds is 9. The molecule has 0 fully saturated rings. The highest BCUT2D eigenvalue weighted by atomic mass is 32.2. The Hall–Kier alpha value is -2.83. The van der Waals surface area contributed by atoms with Crippen LogP contribution in [0.5, 0.6) is 0 Å². The first-order valence-electron chi connectivity index (χ1n) is 11.1. The minimum atomic E-state index is -3.40. The summed E-state index contributed by atoms with van der Waals surface area (Å²) in [4.78, 5) is 4.40. The number of benzene rings is 3. The standard InChI is InChI=1S/C26H31N3O2S/c1-28(2)24-14-12-23(13-15-24)26(29-18-16-22-10-6-7-11-25(22)29)20-27-32(30,31)19-17-21-8-4-3-5-9-21/h3-15,26-27H,16-20H2,1-2H3/t26-/m1/s1. The number of anilines is 2. The Bertz CT molecular complexity index is 1130. The third-order valence-corrected chi connectivity index (χ3v) is 7.44. The normalized spacial score (nSPS) is 14.2. The highest BCUT2D eigenvalue weighted by molar-refractivity contribution is 7.89. The van der Waals surface area contributed by atoms with Crippen molar-refractivity contribution in [2.45, 2.75) is 18.9 Å². The molecule has 3 aromatic carbocycles. The SMILES string of the molecule is CN(C)c1ccc([C@@H](CNS(=O)(=O)CCc2ccccc2)N2CCc3ccccc32)cc1. The summed E-state index contributed by atoms with van der Waals surface area (Å²) in [6.07, 6.45) is 1.48. The van der Waals surface area contributed by atoms with Gasteiger partial charge >= 0.3 is 0 Å². The molecule has 1 N–H and O–H groups in total. The maximum absolute atomic E-state index is 12.8.